The van der Waals surface area contributed by atoms with Gasteiger partial charge in [0.1, 0.15) is 18.1 Å². The fraction of sp³-hybridized carbons (Fsp3) is 0.273. The average Bonchev–Trinajstić information content (AvgIpc) is 2.08. The van der Waals surface area contributed by atoms with Gasteiger partial charge in [0.2, 0.25) is 0 Å². The summed E-state index contributed by atoms with van der Waals surface area (Å²) in [5.74, 6) is 1.03. The van der Waals surface area contributed by atoms with Crippen molar-refractivity contribution >= 4 is 0 Å². The van der Waals surface area contributed by atoms with Gasteiger partial charge in [-0.1, -0.05) is 5.57 Å². The fourth-order valence-electron chi connectivity index (χ4n) is 0.847. The topological polar surface area (TPSA) is 29.5 Å². The van der Waals surface area contributed by atoms with Crippen LogP contribution in [0, 0.1) is 0 Å². The number of hydrogen-bond donors (Lipinski definition) is 1. The Morgan fingerprint density at radius 1 is 1.31 bits per heavy atom. The Labute approximate surface area is 78.5 Å². The fourth-order valence-corrected chi connectivity index (χ4v) is 0.847. The lowest BCUT2D eigenvalue weighted by molar-refractivity contribution is 0.361. The van der Waals surface area contributed by atoms with Crippen LogP contribution in [0.3, 0.4) is 0 Å². The lowest BCUT2D eigenvalue weighted by Crippen LogP contribution is -1.93. The summed E-state index contributed by atoms with van der Waals surface area (Å²) in [5.41, 5.74) is 1.23. The van der Waals surface area contributed by atoms with Gasteiger partial charge in [0.15, 0.2) is 0 Å². The van der Waals surface area contributed by atoms with E-state index in [0.717, 1.165) is 5.75 Å². The number of phenols is 1. The van der Waals surface area contributed by atoms with Crippen LogP contribution in [0.4, 0.5) is 0 Å². The predicted molar refractivity (Wildman–Crippen MR) is 53.0 cm³/mol. The molecular formula is C11H14O2. The maximum atomic E-state index is 9.00. The standard InChI is InChI=1S/C11H14O2/c1-9(2)7-8-13-11-5-3-10(12)4-6-11/h3-7,12H,8H2,1-2H3. The van der Waals surface area contributed by atoms with E-state index in [4.69, 9.17) is 9.84 Å². The lowest BCUT2D eigenvalue weighted by Gasteiger charge is -2.02. The summed E-state index contributed by atoms with van der Waals surface area (Å²) in [6, 6.07) is 6.71. The minimum Gasteiger partial charge on any atom is -0.508 e. The van der Waals surface area contributed by atoms with Gasteiger partial charge in [-0.05, 0) is 44.2 Å². The van der Waals surface area contributed by atoms with Gasteiger partial charge in [-0.25, -0.2) is 0 Å². The van der Waals surface area contributed by atoms with E-state index in [9.17, 15) is 0 Å². The van der Waals surface area contributed by atoms with Crippen LogP contribution in [0.25, 0.3) is 0 Å². The normalized spacial score (nSPS) is 9.38. The Hall–Kier alpha value is -1.44. The van der Waals surface area contributed by atoms with E-state index in [2.05, 4.69) is 0 Å². The molecule has 0 amide bonds. The highest BCUT2D eigenvalue weighted by molar-refractivity contribution is 5.30. The molecule has 0 aliphatic rings. The first kappa shape index (κ1) is 9.65. The van der Waals surface area contributed by atoms with Gasteiger partial charge in [0, 0.05) is 0 Å². The molecule has 0 spiro atoms. The monoisotopic (exact) mass is 178 g/mol. The van der Waals surface area contributed by atoms with Gasteiger partial charge in [-0.3, -0.25) is 0 Å². The van der Waals surface area contributed by atoms with Crippen molar-refractivity contribution in [1.29, 1.82) is 0 Å². The first-order valence-corrected chi connectivity index (χ1v) is 4.23. The molecule has 0 saturated heterocycles. The molecule has 2 heteroatoms. The van der Waals surface area contributed by atoms with E-state index in [1.54, 1.807) is 24.3 Å². The van der Waals surface area contributed by atoms with Crippen molar-refractivity contribution in [3.63, 3.8) is 0 Å². The zero-order valence-corrected chi connectivity index (χ0v) is 7.95. The van der Waals surface area contributed by atoms with Crippen LogP contribution < -0.4 is 4.74 Å². The molecule has 0 aromatic heterocycles. The maximum Gasteiger partial charge on any atom is 0.120 e. The molecule has 0 atom stereocenters. The van der Waals surface area contributed by atoms with Gasteiger partial charge in [0.25, 0.3) is 0 Å². The molecule has 0 aliphatic carbocycles. The van der Waals surface area contributed by atoms with Crippen molar-refractivity contribution in [3.8, 4) is 11.5 Å². The van der Waals surface area contributed by atoms with Crippen molar-refractivity contribution in [3.05, 3.63) is 35.9 Å². The number of benzene rings is 1. The molecule has 1 N–H and O–H groups in total. The van der Waals surface area contributed by atoms with Crippen molar-refractivity contribution < 1.29 is 9.84 Å². The number of rotatable bonds is 3. The summed E-state index contributed by atoms with van der Waals surface area (Å²) in [7, 11) is 0. The van der Waals surface area contributed by atoms with Crippen LogP contribution in [0.1, 0.15) is 13.8 Å². The Balaban J connectivity index is 2.46. The third-order valence-corrected chi connectivity index (χ3v) is 1.58. The highest BCUT2D eigenvalue weighted by Crippen LogP contribution is 2.15. The number of aromatic hydroxyl groups is 1. The highest BCUT2D eigenvalue weighted by atomic mass is 16.5. The quantitative estimate of drug-likeness (QED) is 0.721. The van der Waals surface area contributed by atoms with E-state index >= 15 is 0 Å². The van der Waals surface area contributed by atoms with Crippen molar-refractivity contribution in [1.82, 2.24) is 0 Å². The van der Waals surface area contributed by atoms with Gasteiger partial charge in [-0.2, -0.15) is 0 Å². The molecule has 0 radical (unpaired) electrons. The van der Waals surface area contributed by atoms with Crippen LogP contribution >= 0.6 is 0 Å². The zero-order valence-electron chi connectivity index (χ0n) is 7.95. The Kier molecular flexibility index (Phi) is 3.38. The van der Waals surface area contributed by atoms with E-state index in [-0.39, 0.29) is 5.75 Å². The third-order valence-electron chi connectivity index (χ3n) is 1.58. The van der Waals surface area contributed by atoms with Gasteiger partial charge < -0.3 is 9.84 Å². The smallest absolute Gasteiger partial charge is 0.120 e. The summed E-state index contributed by atoms with van der Waals surface area (Å²) >= 11 is 0. The van der Waals surface area contributed by atoms with E-state index in [1.807, 2.05) is 19.9 Å². The van der Waals surface area contributed by atoms with Crippen LogP contribution in [-0.4, -0.2) is 11.7 Å². The van der Waals surface area contributed by atoms with Gasteiger partial charge >= 0.3 is 0 Å². The first-order valence-electron chi connectivity index (χ1n) is 4.23. The van der Waals surface area contributed by atoms with Crippen LogP contribution in [0.15, 0.2) is 35.9 Å². The SMILES string of the molecule is CC(C)=CCOc1ccc(O)cc1. The second kappa shape index (κ2) is 4.55. The molecule has 13 heavy (non-hydrogen) atoms. The van der Waals surface area contributed by atoms with E-state index in [1.165, 1.54) is 5.57 Å². The van der Waals surface area contributed by atoms with Crippen LogP contribution in [-0.2, 0) is 0 Å². The summed E-state index contributed by atoms with van der Waals surface area (Å²) in [4.78, 5) is 0. The molecule has 0 aliphatic heterocycles. The zero-order chi connectivity index (χ0) is 9.68. The van der Waals surface area contributed by atoms with E-state index < -0.39 is 0 Å². The maximum absolute atomic E-state index is 9.00. The lowest BCUT2D eigenvalue weighted by atomic mass is 10.3. The van der Waals surface area contributed by atoms with Gasteiger partial charge in [-0.15, -0.1) is 0 Å². The largest absolute Gasteiger partial charge is 0.508 e. The number of phenolic OH excluding ortho intramolecular Hbond substituents is 1. The molecule has 1 rings (SSSR count). The second-order valence-electron chi connectivity index (χ2n) is 3.09. The Morgan fingerprint density at radius 2 is 1.92 bits per heavy atom. The summed E-state index contributed by atoms with van der Waals surface area (Å²) in [6.07, 6.45) is 2.01. The summed E-state index contributed by atoms with van der Waals surface area (Å²) in [6.45, 7) is 4.63. The van der Waals surface area contributed by atoms with Crippen LogP contribution in [0.5, 0.6) is 11.5 Å². The van der Waals surface area contributed by atoms with Crippen molar-refractivity contribution in [2.24, 2.45) is 0 Å². The highest BCUT2D eigenvalue weighted by Gasteiger charge is 1.91. The van der Waals surface area contributed by atoms with Crippen LogP contribution in [0.2, 0.25) is 0 Å². The molecule has 0 heterocycles. The van der Waals surface area contributed by atoms with Crippen molar-refractivity contribution in [2.75, 3.05) is 6.61 Å². The number of hydrogen-bond acceptors (Lipinski definition) is 2. The van der Waals surface area contributed by atoms with Gasteiger partial charge in [0.05, 0.1) is 0 Å². The predicted octanol–water partition coefficient (Wildman–Crippen LogP) is 2.74. The molecule has 1 aromatic carbocycles. The molecule has 0 saturated carbocycles. The Bertz CT molecular complexity index is 281. The average molecular weight is 178 g/mol. The summed E-state index contributed by atoms with van der Waals surface area (Å²) < 4.78 is 5.38. The molecule has 0 fully saturated rings. The number of ether oxygens (including phenoxy) is 1. The Morgan fingerprint density at radius 3 is 2.46 bits per heavy atom. The molecule has 1 aromatic rings. The second-order valence-corrected chi connectivity index (χ2v) is 3.09. The minimum absolute atomic E-state index is 0.259. The summed E-state index contributed by atoms with van der Waals surface area (Å²) in [5, 5.41) is 9.00. The molecule has 2 nitrogen and oxygen atoms in total. The van der Waals surface area contributed by atoms with E-state index in [0.29, 0.717) is 6.61 Å². The minimum atomic E-state index is 0.259. The first-order chi connectivity index (χ1) is 6.18. The molecule has 0 bridgehead atoms. The molecule has 0 unspecified atom stereocenters. The molecule has 70 valence electrons. The third kappa shape index (κ3) is 3.65. The molecular weight excluding hydrogens is 164 g/mol. The number of allylic oxidation sites excluding steroid dienone is 1. The van der Waals surface area contributed by atoms with Crippen molar-refractivity contribution in [2.45, 2.75) is 13.8 Å².